The molecule has 0 spiro atoms. The Morgan fingerprint density at radius 1 is 1.00 bits per heavy atom. The van der Waals surface area contributed by atoms with E-state index in [0.717, 1.165) is 27.6 Å². The van der Waals surface area contributed by atoms with Crippen molar-refractivity contribution in [2.45, 2.75) is 18.1 Å². The number of benzene rings is 2. The third kappa shape index (κ3) is 6.04. The lowest BCUT2D eigenvalue weighted by molar-refractivity contribution is -0.118. The van der Waals surface area contributed by atoms with Crippen LogP contribution in [0.1, 0.15) is 11.1 Å². The van der Waals surface area contributed by atoms with Crippen LogP contribution in [0.25, 0.3) is 11.2 Å². The first-order valence-corrected chi connectivity index (χ1v) is 13.2. The fraction of sp³-hybridized carbons (Fsp3) is 0.296. The van der Waals surface area contributed by atoms with Crippen LogP contribution < -0.4 is 30.9 Å². The molecule has 0 radical (unpaired) electrons. The summed E-state index contributed by atoms with van der Waals surface area (Å²) >= 11 is 1.15. The molecular formula is C27H30N6O6S. The molecule has 0 aliphatic rings. The number of rotatable bonds is 11. The van der Waals surface area contributed by atoms with Gasteiger partial charge in [-0.05, 0) is 47.9 Å². The van der Waals surface area contributed by atoms with Gasteiger partial charge in [-0.15, -0.1) is 0 Å². The highest BCUT2D eigenvalue weighted by Gasteiger charge is 2.20. The first kappa shape index (κ1) is 28.5. The number of nitrogens with one attached hydrogen (secondary N) is 1. The normalized spacial score (nSPS) is 11.2. The van der Waals surface area contributed by atoms with E-state index in [2.05, 4.69) is 15.5 Å². The maximum Gasteiger partial charge on any atom is 0.332 e. The number of aromatic nitrogens is 4. The standard InChI is InChI=1S/C27H30N6O6S/c1-31-24-23(25(35)32(2)27(31)36)33(13-12-17-6-9-19(37-3)10-7-17)26(29-24)40-16-22(34)30-28-15-18-8-11-20(38-4)21(14-18)39-5/h6-11,14-15H,12-13,16H2,1-5H3,(H,30,34)/b28-15+. The van der Waals surface area contributed by atoms with Gasteiger partial charge in [-0.3, -0.25) is 18.7 Å². The number of amides is 1. The Morgan fingerprint density at radius 2 is 1.73 bits per heavy atom. The summed E-state index contributed by atoms with van der Waals surface area (Å²) < 4.78 is 19.9. The van der Waals surface area contributed by atoms with E-state index in [1.807, 2.05) is 24.3 Å². The fourth-order valence-corrected chi connectivity index (χ4v) is 4.87. The number of hydrogen-bond acceptors (Lipinski definition) is 9. The number of methoxy groups -OCH3 is 3. The van der Waals surface area contributed by atoms with Crippen LogP contribution in [0.5, 0.6) is 17.2 Å². The average Bonchev–Trinajstić information content (AvgIpc) is 3.35. The van der Waals surface area contributed by atoms with Gasteiger partial charge in [-0.2, -0.15) is 5.10 Å². The highest BCUT2D eigenvalue weighted by atomic mass is 32.2. The van der Waals surface area contributed by atoms with E-state index in [9.17, 15) is 14.4 Å². The van der Waals surface area contributed by atoms with Crippen molar-refractivity contribution in [2.75, 3.05) is 27.1 Å². The maximum atomic E-state index is 13.1. The van der Waals surface area contributed by atoms with Crippen LogP contribution in [0.2, 0.25) is 0 Å². The van der Waals surface area contributed by atoms with Crippen molar-refractivity contribution in [3.8, 4) is 17.2 Å². The molecule has 0 fully saturated rings. The molecule has 210 valence electrons. The van der Waals surface area contributed by atoms with Gasteiger partial charge in [0.05, 0.1) is 33.3 Å². The number of carbonyl (C=O) groups is 1. The van der Waals surface area contributed by atoms with Crippen LogP contribution in [-0.4, -0.2) is 57.9 Å². The molecule has 0 saturated carbocycles. The molecule has 13 heteroatoms. The number of ether oxygens (including phenoxy) is 3. The first-order chi connectivity index (χ1) is 19.3. The zero-order chi connectivity index (χ0) is 28.8. The van der Waals surface area contributed by atoms with Crippen molar-refractivity contribution < 1.29 is 19.0 Å². The number of thioether (sulfide) groups is 1. The highest BCUT2D eigenvalue weighted by molar-refractivity contribution is 7.99. The lowest BCUT2D eigenvalue weighted by Crippen LogP contribution is -2.37. The molecule has 0 saturated heterocycles. The van der Waals surface area contributed by atoms with Gasteiger partial charge in [0, 0.05) is 20.6 Å². The van der Waals surface area contributed by atoms with E-state index >= 15 is 0 Å². The Balaban J connectivity index is 1.53. The topological polar surface area (TPSA) is 131 Å². The van der Waals surface area contributed by atoms with Gasteiger partial charge >= 0.3 is 5.69 Å². The second kappa shape index (κ2) is 12.6. The molecule has 0 aliphatic carbocycles. The highest BCUT2D eigenvalue weighted by Crippen LogP contribution is 2.27. The van der Waals surface area contributed by atoms with E-state index < -0.39 is 11.2 Å². The fourth-order valence-electron chi connectivity index (χ4n) is 4.05. The van der Waals surface area contributed by atoms with Crippen molar-refractivity contribution in [3.05, 3.63) is 74.4 Å². The van der Waals surface area contributed by atoms with E-state index in [0.29, 0.717) is 40.7 Å². The second-order valence-corrected chi connectivity index (χ2v) is 9.66. The minimum Gasteiger partial charge on any atom is -0.497 e. The predicted molar refractivity (Wildman–Crippen MR) is 153 cm³/mol. The number of carbonyl (C=O) groups excluding carboxylic acids is 1. The first-order valence-electron chi connectivity index (χ1n) is 12.2. The molecule has 4 rings (SSSR count). The molecule has 0 unspecified atom stereocenters. The summed E-state index contributed by atoms with van der Waals surface area (Å²) in [6.45, 7) is 0.414. The van der Waals surface area contributed by atoms with Crippen LogP contribution in [0.3, 0.4) is 0 Å². The van der Waals surface area contributed by atoms with Crippen molar-refractivity contribution in [1.29, 1.82) is 0 Å². The van der Waals surface area contributed by atoms with E-state index in [1.165, 1.54) is 24.9 Å². The number of aryl methyl sites for hydroxylation is 3. The molecule has 2 heterocycles. The molecule has 1 amide bonds. The van der Waals surface area contributed by atoms with Crippen LogP contribution in [0.15, 0.2) is 62.3 Å². The SMILES string of the molecule is COc1ccc(CCn2c(SCC(=O)N/N=C/c3ccc(OC)c(OC)c3)nc3c2c(=O)n(C)c(=O)n3C)cc1. The van der Waals surface area contributed by atoms with Gasteiger partial charge in [0.2, 0.25) is 0 Å². The maximum absolute atomic E-state index is 13.1. The zero-order valence-corrected chi connectivity index (χ0v) is 23.7. The monoisotopic (exact) mass is 566 g/mol. The molecule has 2 aromatic heterocycles. The summed E-state index contributed by atoms with van der Waals surface area (Å²) in [5.41, 5.74) is 3.87. The number of imidazole rings is 1. The summed E-state index contributed by atoms with van der Waals surface area (Å²) in [5.74, 6) is 1.50. The van der Waals surface area contributed by atoms with Gasteiger partial charge in [0.1, 0.15) is 5.75 Å². The van der Waals surface area contributed by atoms with E-state index in [4.69, 9.17) is 14.2 Å². The van der Waals surface area contributed by atoms with Crippen LogP contribution in [0.4, 0.5) is 0 Å². The number of nitrogens with zero attached hydrogens (tertiary/aromatic N) is 5. The number of hydrogen-bond donors (Lipinski definition) is 1. The molecule has 0 atom stereocenters. The molecule has 40 heavy (non-hydrogen) atoms. The molecule has 0 aliphatic heterocycles. The summed E-state index contributed by atoms with van der Waals surface area (Å²) in [6, 6.07) is 12.9. The van der Waals surface area contributed by atoms with Crippen molar-refractivity contribution in [3.63, 3.8) is 0 Å². The second-order valence-electron chi connectivity index (χ2n) is 8.72. The summed E-state index contributed by atoms with van der Waals surface area (Å²) in [4.78, 5) is 42.7. The van der Waals surface area contributed by atoms with Crippen molar-refractivity contribution >= 4 is 35.0 Å². The number of hydrazone groups is 1. The Kier molecular flexibility index (Phi) is 8.94. The van der Waals surface area contributed by atoms with Crippen LogP contribution in [-0.2, 0) is 31.9 Å². The average molecular weight is 567 g/mol. The Morgan fingerprint density at radius 3 is 2.40 bits per heavy atom. The minimum atomic E-state index is -0.476. The molecule has 0 bridgehead atoms. The third-order valence-corrected chi connectivity index (χ3v) is 7.22. The van der Waals surface area contributed by atoms with Crippen LogP contribution in [0, 0.1) is 0 Å². The quantitative estimate of drug-likeness (QED) is 0.166. The molecule has 1 N–H and O–H groups in total. The minimum absolute atomic E-state index is 0.0105. The van der Waals surface area contributed by atoms with Gasteiger partial charge < -0.3 is 18.8 Å². The van der Waals surface area contributed by atoms with Gasteiger partial charge in [-0.25, -0.2) is 15.2 Å². The largest absolute Gasteiger partial charge is 0.497 e. The zero-order valence-electron chi connectivity index (χ0n) is 22.8. The lowest BCUT2D eigenvalue weighted by Gasteiger charge is -2.10. The van der Waals surface area contributed by atoms with Gasteiger partial charge in [-0.1, -0.05) is 23.9 Å². The van der Waals surface area contributed by atoms with Gasteiger partial charge in [0.15, 0.2) is 27.8 Å². The van der Waals surface area contributed by atoms with Crippen molar-refractivity contribution in [2.24, 2.45) is 19.2 Å². The third-order valence-electron chi connectivity index (χ3n) is 6.24. The summed E-state index contributed by atoms with van der Waals surface area (Å²) in [5, 5.41) is 4.47. The lowest BCUT2D eigenvalue weighted by atomic mass is 10.1. The molecular weight excluding hydrogens is 536 g/mol. The smallest absolute Gasteiger partial charge is 0.332 e. The molecule has 4 aromatic rings. The van der Waals surface area contributed by atoms with E-state index in [-0.39, 0.29) is 17.3 Å². The molecule has 2 aromatic carbocycles. The van der Waals surface area contributed by atoms with Crippen LogP contribution >= 0.6 is 11.8 Å². The predicted octanol–water partition coefficient (Wildman–Crippen LogP) is 1.94. The Bertz CT molecular complexity index is 1670. The Hall–Kier alpha value is -4.52. The van der Waals surface area contributed by atoms with Gasteiger partial charge in [0.25, 0.3) is 11.5 Å². The van der Waals surface area contributed by atoms with E-state index in [1.54, 1.807) is 44.0 Å². The summed E-state index contributed by atoms with van der Waals surface area (Å²) in [7, 11) is 7.69. The number of fused-ring (bicyclic) bond motifs is 1. The molecule has 12 nitrogen and oxygen atoms in total. The Labute approximate surface area is 234 Å². The summed E-state index contributed by atoms with van der Waals surface area (Å²) in [6.07, 6.45) is 2.09. The van der Waals surface area contributed by atoms with Crippen molar-refractivity contribution in [1.82, 2.24) is 24.1 Å².